The topological polar surface area (TPSA) is 107 Å². The largest absolute Gasteiger partial charge is 0.459 e. The molecule has 0 bridgehead atoms. The lowest BCUT2D eigenvalue weighted by Crippen LogP contribution is -2.32. The van der Waals surface area contributed by atoms with Gasteiger partial charge in [-0.3, -0.25) is 0 Å². The summed E-state index contributed by atoms with van der Waals surface area (Å²) in [5.74, 6) is -0.287. The molecule has 1 aliphatic rings. The molecule has 0 radical (unpaired) electrons. The van der Waals surface area contributed by atoms with Crippen molar-refractivity contribution in [2.75, 3.05) is 0 Å². The van der Waals surface area contributed by atoms with Crippen LogP contribution in [0.25, 0.3) is 0 Å². The fourth-order valence-electron chi connectivity index (χ4n) is 5.25. The van der Waals surface area contributed by atoms with E-state index in [1.807, 2.05) is 83.2 Å². The van der Waals surface area contributed by atoms with E-state index in [0.717, 1.165) is 30.4 Å². The molecule has 270 valence electrons. The van der Waals surface area contributed by atoms with Crippen molar-refractivity contribution >= 4 is 5.97 Å². The van der Waals surface area contributed by atoms with Gasteiger partial charge in [-0.05, 0) is 62.4 Å². The molecule has 1 rings (SSSR count). The van der Waals surface area contributed by atoms with E-state index in [-0.39, 0.29) is 35.5 Å². The molecule has 0 amide bonds. The van der Waals surface area contributed by atoms with Crippen LogP contribution < -0.4 is 0 Å². The minimum atomic E-state index is -0.722. The number of esters is 1. The lowest BCUT2D eigenvalue weighted by Gasteiger charge is -2.28. The van der Waals surface area contributed by atoms with Gasteiger partial charge in [0.1, 0.15) is 6.10 Å². The number of carbonyl (C=O) groups excluding carboxylic acids is 1. The summed E-state index contributed by atoms with van der Waals surface area (Å²) in [5, 5.41) is 42.5. The van der Waals surface area contributed by atoms with Crippen LogP contribution in [0.15, 0.2) is 96.2 Å². The fraction of sp³-hybridized carbons (Fsp3) is 0.595. The summed E-state index contributed by atoms with van der Waals surface area (Å²) >= 11 is 0. The number of carbonyl (C=O) groups is 1. The van der Waals surface area contributed by atoms with E-state index in [1.165, 1.54) is 6.08 Å². The summed E-state index contributed by atoms with van der Waals surface area (Å²) in [7, 11) is 0. The van der Waals surface area contributed by atoms with Gasteiger partial charge < -0.3 is 25.2 Å². The quantitative estimate of drug-likeness (QED) is 0.112. The number of ether oxygens (including phenoxy) is 1. The van der Waals surface area contributed by atoms with Gasteiger partial charge in [0, 0.05) is 24.3 Å². The highest BCUT2D eigenvalue weighted by Gasteiger charge is 2.27. The molecular formula is C42H66O6. The number of aliphatic hydroxyl groups excluding tert-OH is 4. The number of aliphatic hydroxyl groups is 4. The van der Waals surface area contributed by atoms with Crippen LogP contribution in [0.1, 0.15) is 94.4 Å². The molecule has 6 heteroatoms. The van der Waals surface area contributed by atoms with Crippen molar-refractivity contribution in [1.82, 2.24) is 0 Å². The van der Waals surface area contributed by atoms with Gasteiger partial charge in [-0.15, -0.1) is 0 Å². The average Bonchev–Trinajstić information content (AvgIpc) is 3.05. The maximum Gasteiger partial charge on any atom is 0.330 e. The molecule has 1 heterocycles. The second-order valence-electron chi connectivity index (χ2n) is 14.2. The second-order valence-corrected chi connectivity index (χ2v) is 14.2. The van der Waals surface area contributed by atoms with Crippen molar-refractivity contribution in [3.05, 3.63) is 96.2 Å². The normalized spacial score (nSPS) is 30.4. The molecule has 0 spiro atoms. The Labute approximate surface area is 292 Å². The molecule has 0 aromatic rings. The number of rotatable bonds is 9. The maximum atomic E-state index is 13.0. The first kappa shape index (κ1) is 43.3. The Bertz CT molecular complexity index is 1170. The van der Waals surface area contributed by atoms with Gasteiger partial charge in [0.15, 0.2) is 0 Å². The zero-order valence-electron chi connectivity index (χ0n) is 31.1. The van der Waals surface area contributed by atoms with Crippen LogP contribution in [0, 0.1) is 35.5 Å². The highest BCUT2D eigenvalue weighted by Crippen LogP contribution is 2.25. The van der Waals surface area contributed by atoms with Gasteiger partial charge in [0.2, 0.25) is 0 Å². The molecule has 0 saturated carbocycles. The van der Waals surface area contributed by atoms with E-state index in [2.05, 4.69) is 39.8 Å². The average molecular weight is 667 g/mol. The van der Waals surface area contributed by atoms with Crippen LogP contribution in [0.2, 0.25) is 0 Å². The van der Waals surface area contributed by atoms with Crippen LogP contribution in [0.3, 0.4) is 0 Å². The summed E-state index contributed by atoms with van der Waals surface area (Å²) in [5.41, 5.74) is 1.90. The molecule has 0 fully saturated rings. The van der Waals surface area contributed by atoms with Gasteiger partial charge in [-0.25, -0.2) is 4.79 Å². The van der Waals surface area contributed by atoms with Crippen molar-refractivity contribution in [3.8, 4) is 0 Å². The summed E-state index contributed by atoms with van der Waals surface area (Å²) in [6, 6.07) is 0. The number of cyclic esters (lactones) is 1. The van der Waals surface area contributed by atoms with Crippen molar-refractivity contribution in [2.24, 2.45) is 35.5 Å². The second kappa shape index (κ2) is 23.6. The van der Waals surface area contributed by atoms with E-state index in [4.69, 9.17) is 4.74 Å². The van der Waals surface area contributed by atoms with Gasteiger partial charge >= 0.3 is 5.97 Å². The number of hydrogen-bond acceptors (Lipinski definition) is 6. The van der Waals surface area contributed by atoms with E-state index < -0.39 is 36.5 Å². The smallest absolute Gasteiger partial charge is 0.330 e. The van der Waals surface area contributed by atoms with E-state index >= 15 is 0 Å². The SMILES string of the molecule is CCC(C)C(O)/C=C/C(C)=C/C=C/C(C)CC(C)C1CC(O)C(C)C=CC=CC(C)CC=C(C)C(O)C=CCC(O)C(C)C=CC(=O)O1. The lowest BCUT2D eigenvalue weighted by molar-refractivity contribution is -0.147. The van der Waals surface area contributed by atoms with Crippen molar-refractivity contribution < 1.29 is 30.0 Å². The standard InChI is InChI=1S/C42H66O6/c1-10-32(5)39(45)25-22-30(3)16-13-17-31(4)27-36(9)41-28-40(46)33(6)18-12-11-15-29(2)21-23-34(7)37(43)19-14-20-38(44)35(8)24-26-42(47)48-41/h11-19,22-26,29,31-33,35-41,43-46H,10,20-21,27-28H2,1-9H3/b15-11?,17-13+,18-12?,19-14?,25-22+,26-24?,30-16+,34-23?. The van der Waals surface area contributed by atoms with Gasteiger partial charge in [0.25, 0.3) is 0 Å². The highest BCUT2D eigenvalue weighted by atomic mass is 16.5. The van der Waals surface area contributed by atoms with Crippen LogP contribution in [0.4, 0.5) is 0 Å². The minimum absolute atomic E-state index is 0.0224. The summed E-state index contributed by atoms with van der Waals surface area (Å²) < 4.78 is 5.97. The first-order valence-corrected chi connectivity index (χ1v) is 18.0. The molecule has 11 unspecified atom stereocenters. The monoisotopic (exact) mass is 666 g/mol. The molecule has 11 atom stereocenters. The zero-order chi connectivity index (χ0) is 36.2. The zero-order valence-corrected chi connectivity index (χ0v) is 31.1. The van der Waals surface area contributed by atoms with Crippen LogP contribution in [0.5, 0.6) is 0 Å². The fourth-order valence-corrected chi connectivity index (χ4v) is 5.25. The Hall–Kier alpha value is -2.77. The third-order valence-corrected chi connectivity index (χ3v) is 9.39. The van der Waals surface area contributed by atoms with Crippen molar-refractivity contribution in [3.63, 3.8) is 0 Å². The number of allylic oxidation sites excluding steroid dienone is 9. The highest BCUT2D eigenvalue weighted by molar-refractivity contribution is 5.82. The third kappa shape index (κ3) is 18.1. The van der Waals surface area contributed by atoms with Gasteiger partial charge in [0.05, 0.1) is 24.4 Å². The van der Waals surface area contributed by atoms with E-state index in [9.17, 15) is 25.2 Å². The Morgan fingerprint density at radius 2 is 1.62 bits per heavy atom. The number of hydrogen-bond donors (Lipinski definition) is 4. The molecular weight excluding hydrogens is 600 g/mol. The molecule has 6 nitrogen and oxygen atoms in total. The Morgan fingerprint density at radius 3 is 2.31 bits per heavy atom. The predicted octanol–water partition coefficient (Wildman–Crippen LogP) is 8.37. The van der Waals surface area contributed by atoms with Crippen LogP contribution >= 0.6 is 0 Å². The Kier molecular flexibility index (Phi) is 21.2. The Morgan fingerprint density at radius 1 is 0.958 bits per heavy atom. The molecule has 1 aliphatic heterocycles. The van der Waals surface area contributed by atoms with Crippen LogP contribution in [-0.4, -0.2) is 56.9 Å². The molecule has 0 aromatic heterocycles. The molecule has 0 aromatic carbocycles. The maximum absolute atomic E-state index is 13.0. The van der Waals surface area contributed by atoms with Crippen molar-refractivity contribution in [1.29, 1.82) is 0 Å². The molecule has 4 N–H and O–H groups in total. The molecule has 0 aliphatic carbocycles. The van der Waals surface area contributed by atoms with E-state index in [0.29, 0.717) is 12.8 Å². The lowest BCUT2D eigenvalue weighted by atomic mass is 9.87. The van der Waals surface area contributed by atoms with Gasteiger partial charge in [-0.2, -0.15) is 0 Å². The molecule has 48 heavy (non-hydrogen) atoms. The molecule has 0 saturated heterocycles. The summed E-state index contributed by atoms with van der Waals surface area (Å²) in [6.45, 7) is 18.1. The van der Waals surface area contributed by atoms with Gasteiger partial charge in [-0.1, -0.05) is 139 Å². The minimum Gasteiger partial charge on any atom is -0.459 e. The third-order valence-electron chi connectivity index (χ3n) is 9.39. The first-order valence-electron chi connectivity index (χ1n) is 18.0. The Balaban J connectivity index is 3.13. The summed E-state index contributed by atoms with van der Waals surface area (Å²) in [6.07, 6.45) is 26.5. The van der Waals surface area contributed by atoms with Crippen LogP contribution in [-0.2, 0) is 9.53 Å². The first-order chi connectivity index (χ1) is 22.6. The van der Waals surface area contributed by atoms with Crippen molar-refractivity contribution in [2.45, 2.75) is 125 Å². The van der Waals surface area contributed by atoms with E-state index in [1.54, 1.807) is 18.2 Å². The summed E-state index contributed by atoms with van der Waals surface area (Å²) in [4.78, 5) is 13.0. The predicted molar refractivity (Wildman–Crippen MR) is 200 cm³/mol.